The molecule has 1 aliphatic heterocycles. The van der Waals surface area contributed by atoms with E-state index in [1.165, 1.54) is 39.2 Å². The molecule has 0 spiro atoms. The van der Waals surface area contributed by atoms with E-state index in [1.807, 2.05) is 0 Å². The number of rotatable bonds is 2. The third kappa shape index (κ3) is 3.99. The second-order valence-corrected chi connectivity index (χ2v) is 10.6. The van der Waals surface area contributed by atoms with Crippen LogP contribution in [-0.4, -0.2) is 27.9 Å². The summed E-state index contributed by atoms with van der Waals surface area (Å²) in [5.41, 5.74) is 8.91. The minimum absolute atomic E-state index is 0.318. The molecule has 5 heteroatoms. The fourth-order valence-electron chi connectivity index (χ4n) is 5.07. The van der Waals surface area contributed by atoms with Crippen molar-refractivity contribution in [3.05, 3.63) is 51.7 Å². The Morgan fingerprint density at radius 1 is 0.926 bits per heavy atom. The summed E-state index contributed by atoms with van der Waals surface area (Å²) in [6.07, 6.45) is 3.01. The van der Waals surface area contributed by atoms with Crippen molar-refractivity contribution in [2.45, 2.75) is 57.9 Å². The van der Waals surface area contributed by atoms with E-state index in [0.29, 0.717) is 5.92 Å². The van der Waals surface area contributed by atoms with Crippen LogP contribution < -0.4 is 4.90 Å². The van der Waals surface area contributed by atoms with Gasteiger partial charge in [0.15, 0.2) is 0 Å². The van der Waals surface area contributed by atoms with Gasteiger partial charge in [0.05, 0.1) is 0 Å². The van der Waals surface area contributed by atoms with Crippen molar-refractivity contribution in [3.8, 4) is 0 Å². The lowest BCUT2D eigenvalue weighted by Crippen LogP contribution is -2.49. The summed E-state index contributed by atoms with van der Waals surface area (Å²) in [5.74, 6) is 0.421. The molecule has 27 heavy (non-hydrogen) atoms. The van der Waals surface area contributed by atoms with Gasteiger partial charge >= 0.3 is 0 Å². The Morgan fingerprint density at radius 3 is 2.00 bits per heavy atom. The van der Waals surface area contributed by atoms with Crippen LogP contribution in [0, 0.1) is 26.7 Å². The first kappa shape index (κ1) is 20.9. The van der Waals surface area contributed by atoms with Gasteiger partial charge in [0.2, 0.25) is 3.79 Å². The minimum Gasteiger partial charge on any atom is -0.349 e. The summed E-state index contributed by atoms with van der Waals surface area (Å²) in [5, 5.41) is 0. The Morgan fingerprint density at radius 2 is 1.48 bits per heavy atom. The molecule has 2 aliphatic rings. The van der Waals surface area contributed by atoms with E-state index in [-0.39, 0.29) is 6.17 Å². The highest BCUT2D eigenvalue weighted by molar-refractivity contribution is 6.68. The number of aryl methyl sites for hydroxylation is 3. The molecule has 1 aromatic rings. The second kappa shape index (κ2) is 7.54. The Bertz CT molecular complexity index is 781. The van der Waals surface area contributed by atoms with Gasteiger partial charge in [0.25, 0.3) is 0 Å². The van der Waals surface area contributed by atoms with Gasteiger partial charge in [0, 0.05) is 30.4 Å². The van der Waals surface area contributed by atoms with Gasteiger partial charge in [-0.2, -0.15) is 0 Å². The first-order valence-electron chi connectivity index (χ1n) is 9.56. The first-order chi connectivity index (χ1) is 12.5. The minimum atomic E-state index is -1.41. The Kier molecular flexibility index (Phi) is 5.83. The maximum atomic E-state index is 6.57. The summed E-state index contributed by atoms with van der Waals surface area (Å²) in [6, 6.07) is 4.42. The molecule has 148 valence electrons. The van der Waals surface area contributed by atoms with Gasteiger partial charge in [-0.25, -0.2) is 0 Å². The SMILES string of the molecule is CC1=CC(C)=C(N2CCN(c3c(C)cc(C)cc3C)C2C(Cl)(Cl)Cl)C(C)C1. The van der Waals surface area contributed by atoms with Crippen LogP contribution in [-0.2, 0) is 0 Å². The van der Waals surface area contributed by atoms with Crippen LogP contribution in [0.3, 0.4) is 0 Å². The molecule has 2 nitrogen and oxygen atoms in total. The van der Waals surface area contributed by atoms with Crippen molar-refractivity contribution < 1.29 is 0 Å². The van der Waals surface area contributed by atoms with Gasteiger partial charge in [-0.15, -0.1) is 0 Å². The van der Waals surface area contributed by atoms with Crippen LogP contribution in [0.4, 0.5) is 5.69 Å². The standard InChI is InChI=1S/C22H29Cl3N2/c1-13-9-15(3)19(16(4)10-13)26-7-8-27(21(26)22(23,24)25)20-17(5)11-14(2)12-18(20)6/h9-11,18,21H,7-8,12H2,1-6H3. The summed E-state index contributed by atoms with van der Waals surface area (Å²) in [7, 11) is 0. The highest BCUT2D eigenvalue weighted by Crippen LogP contribution is 2.45. The maximum absolute atomic E-state index is 6.57. The largest absolute Gasteiger partial charge is 0.349 e. The lowest BCUT2D eigenvalue weighted by atomic mass is 9.88. The lowest BCUT2D eigenvalue weighted by molar-refractivity contribution is 0.284. The van der Waals surface area contributed by atoms with Crippen molar-refractivity contribution >= 4 is 40.5 Å². The predicted molar refractivity (Wildman–Crippen MR) is 119 cm³/mol. The molecular weight excluding hydrogens is 399 g/mol. The van der Waals surface area contributed by atoms with E-state index in [1.54, 1.807) is 0 Å². The molecule has 0 amide bonds. The molecule has 1 heterocycles. The van der Waals surface area contributed by atoms with Crippen LogP contribution in [0.2, 0.25) is 0 Å². The Balaban J connectivity index is 2.09. The van der Waals surface area contributed by atoms with Crippen LogP contribution in [0.25, 0.3) is 0 Å². The molecule has 2 atom stereocenters. The van der Waals surface area contributed by atoms with Gasteiger partial charge in [-0.3, -0.25) is 0 Å². The molecule has 1 aliphatic carbocycles. The normalized spacial score (nSPS) is 24.0. The van der Waals surface area contributed by atoms with Gasteiger partial charge < -0.3 is 9.80 Å². The zero-order valence-corrected chi connectivity index (χ0v) is 19.3. The highest BCUT2D eigenvalue weighted by atomic mass is 35.6. The van der Waals surface area contributed by atoms with E-state index in [4.69, 9.17) is 34.8 Å². The summed E-state index contributed by atoms with van der Waals surface area (Å²) >= 11 is 19.7. The Labute approximate surface area is 178 Å². The van der Waals surface area contributed by atoms with Gasteiger partial charge in [0.1, 0.15) is 6.17 Å². The van der Waals surface area contributed by atoms with E-state index in [9.17, 15) is 0 Å². The smallest absolute Gasteiger partial charge is 0.228 e. The molecule has 0 radical (unpaired) electrons. The lowest BCUT2D eigenvalue weighted by Gasteiger charge is -2.42. The van der Waals surface area contributed by atoms with Crippen LogP contribution >= 0.6 is 34.8 Å². The van der Waals surface area contributed by atoms with Crippen molar-refractivity contribution in [1.82, 2.24) is 4.90 Å². The highest BCUT2D eigenvalue weighted by Gasteiger charge is 2.48. The van der Waals surface area contributed by atoms with E-state index >= 15 is 0 Å². The summed E-state index contributed by atoms with van der Waals surface area (Å²) in [6.45, 7) is 14.8. The number of anilines is 1. The average Bonchev–Trinajstić information content (AvgIpc) is 2.89. The molecule has 0 saturated carbocycles. The number of nitrogens with zero attached hydrogens (tertiary/aromatic N) is 2. The Hall–Kier alpha value is -0.830. The zero-order chi connectivity index (χ0) is 20.1. The fourth-order valence-corrected chi connectivity index (χ4v) is 5.78. The number of hydrogen-bond acceptors (Lipinski definition) is 2. The quantitative estimate of drug-likeness (QED) is 0.485. The first-order valence-corrected chi connectivity index (χ1v) is 10.7. The predicted octanol–water partition coefficient (Wildman–Crippen LogP) is 6.69. The van der Waals surface area contributed by atoms with Crippen molar-refractivity contribution in [2.24, 2.45) is 5.92 Å². The monoisotopic (exact) mass is 426 g/mol. The molecule has 1 fully saturated rings. The topological polar surface area (TPSA) is 6.48 Å². The number of allylic oxidation sites excluding steroid dienone is 4. The molecule has 1 saturated heterocycles. The average molecular weight is 428 g/mol. The summed E-state index contributed by atoms with van der Waals surface area (Å²) < 4.78 is -1.41. The van der Waals surface area contributed by atoms with E-state index in [0.717, 1.165) is 19.5 Å². The summed E-state index contributed by atoms with van der Waals surface area (Å²) in [4.78, 5) is 4.62. The van der Waals surface area contributed by atoms with Crippen LogP contribution in [0.15, 0.2) is 35.1 Å². The van der Waals surface area contributed by atoms with Crippen LogP contribution in [0.1, 0.15) is 43.9 Å². The molecular formula is C22H29Cl3N2. The van der Waals surface area contributed by atoms with Gasteiger partial charge in [-0.05, 0) is 57.7 Å². The van der Waals surface area contributed by atoms with E-state index < -0.39 is 3.79 Å². The number of halogens is 3. The second-order valence-electron chi connectivity index (χ2n) is 8.21. The van der Waals surface area contributed by atoms with Gasteiger partial charge in [-0.1, -0.05) is 71.1 Å². The van der Waals surface area contributed by atoms with Crippen molar-refractivity contribution in [2.75, 3.05) is 18.0 Å². The molecule has 0 bridgehead atoms. The third-order valence-electron chi connectivity index (χ3n) is 5.66. The van der Waals surface area contributed by atoms with Crippen molar-refractivity contribution in [3.63, 3.8) is 0 Å². The van der Waals surface area contributed by atoms with Crippen LogP contribution in [0.5, 0.6) is 0 Å². The number of alkyl halides is 3. The molecule has 0 aromatic heterocycles. The molecule has 1 aromatic carbocycles. The molecule has 3 rings (SSSR count). The molecule has 2 unspecified atom stereocenters. The number of hydrogen-bond donors (Lipinski definition) is 0. The maximum Gasteiger partial charge on any atom is 0.228 e. The van der Waals surface area contributed by atoms with E-state index in [2.05, 4.69) is 69.6 Å². The number of benzene rings is 1. The molecule has 0 N–H and O–H groups in total. The third-order valence-corrected chi connectivity index (χ3v) is 6.24. The zero-order valence-electron chi connectivity index (χ0n) is 17.0. The van der Waals surface area contributed by atoms with Crippen molar-refractivity contribution in [1.29, 1.82) is 0 Å². The fraction of sp³-hybridized carbons (Fsp3) is 0.545.